The number of carbonyl (C=O) groups is 1. The highest BCUT2D eigenvalue weighted by Crippen LogP contribution is 2.27. The minimum atomic E-state index is 0.245. The number of anilines is 1. The van der Waals surface area contributed by atoms with Crippen LogP contribution in [0.1, 0.15) is 37.9 Å². The SMILES string of the molecule is COc1ccc(-c2cn(-c3ccccc3)c(CC(=O)CCC3CCCN(c4ccccn4)CC3)n2)cc1. The molecule has 1 atom stereocenters. The van der Waals surface area contributed by atoms with Crippen LogP contribution in [0.4, 0.5) is 5.82 Å². The molecule has 190 valence electrons. The van der Waals surface area contributed by atoms with Crippen molar-refractivity contribution in [1.29, 1.82) is 0 Å². The molecular weight excluding hydrogens is 460 g/mol. The number of aromatic nitrogens is 3. The molecule has 0 radical (unpaired) electrons. The molecule has 0 bridgehead atoms. The van der Waals surface area contributed by atoms with E-state index in [0.29, 0.717) is 18.8 Å². The maximum Gasteiger partial charge on any atom is 0.140 e. The lowest BCUT2D eigenvalue weighted by Gasteiger charge is -2.21. The Labute approximate surface area is 219 Å². The van der Waals surface area contributed by atoms with Gasteiger partial charge >= 0.3 is 0 Å². The summed E-state index contributed by atoms with van der Waals surface area (Å²) < 4.78 is 7.34. The summed E-state index contributed by atoms with van der Waals surface area (Å²) in [5, 5.41) is 0. The summed E-state index contributed by atoms with van der Waals surface area (Å²) >= 11 is 0. The van der Waals surface area contributed by atoms with Crippen molar-refractivity contribution < 1.29 is 9.53 Å². The largest absolute Gasteiger partial charge is 0.497 e. The average Bonchev–Trinajstić information content (AvgIpc) is 3.22. The molecule has 1 saturated heterocycles. The van der Waals surface area contributed by atoms with E-state index in [9.17, 15) is 4.79 Å². The first-order chi connectivity index (χ1) is 18.2. The smallest absolute Gasteiger partial charge is 0.140 e. The van der Waals surface area contributed by atoms with Crippen LogP contribution >= 0.6 is 0 Å². The van der Waals surface area contributed by atoms with Crippen molar-refractivity contribution in [3.63, 3.8) is 0 Å². The quantitative estimate of drug-likeness (QED) is 0.280. The van der Waals surface area contributed by atoms with Crippen LogP contribution in [0.5, 0.6) is 5.75 Å². The molecule has 37 heavy (non-hydrogen) atoms. The van der Waals surface area contributed by atoms with Crippen LogP contribution in [0.3, 0.4) is 0 Å². The fraction of sp³-hybridized carbons (Fsp3) is 0.323. The summed E-state index contributed by atoms with van der Waals surface area (Å²) in [6.45, 7) is 2.03. The molecule has 1 unspecified atom stereocenters. The van der Waals surface area contributed by atoms with Gasteiger partial charge in [0.05, 0.1) is 19.2 Å². The summed E-state index contributed by atoms with van der Waals surface area (Å²) in [7, 11) is 1.66. The van der Waals surface area contributed by atoms with Crippen molar-refractivity contribution >= 4 is 11.6 Å². The Bertz CT molecular complexity index is 1290. The summed E-state index contributed by atoms with van der Waals surface area (Å²) in [6.07, 6.45) is 9.14. The van der Waals surface area contributed by atoms with Crippen molar-refractivity contribution in [2.75, 3.05) is 25.1 Å². The number of methoxy groups -OCH3 is 1. The minimum absolute atomic E-state index is 0.245. The Kier molecular flexibility index (Phi) is 7.94. The van der Waals surface area contributed by atoms with Crippen molar-refractivity contribution in [3.8, 4) is 22.7 Å². The number of ketones is 1. The third kappa shape index (κ3) is 6.26. The van der Waals surface area contributed by atoms with Crippen molar-refractivity contribution in [1.82, 2.24) is 14.5 Å². The number of para-hydroxylation sites is 1. The highest BCUT2D eigenvalue weighted by molar-refractivity contribution is 5.80. The second-order valence-electron chi connectivity index (χ2n) is 9.70. The predicted molar refractivity (Wildman–Crippen MR) is 147 cm³/mol. The Morgan fingerprint density at radius 3 is 2.54 bits per heavy atom. The molecule has 0 spiro atoms. The highest BCUT2D eigenvalue weighted by Gasteiger charge is 2.20. The van der Waals surface area contributed by atoms with E-state index >= 15 is 0 Å². The molecule has 6 heteroatoms. The van der Waals surface area contributed by atoms with Crippen LogP contribution in [-0.4, -0.2) is 40.5 Å². The van der Waals surface area contributed by atoms with Crippen LogP contribution in [0, 0.1) is 5.92 Å². The van der Waals surface area contributed by atoms with Gasteiger partial charge < -0.3 is 14.2 Å². The number of benzene rings is 2. The van der Waals surface area contributed by atoms with Gasteiger partial charge in [0.2, 0.25) is 0 Å². The number of ether oxygens (including phenoxy) is 1. The maximum atomic E-state index is 13.1. The van der Waals surface area contributed by atoms with Crippen LogP contribution < -0.4 is 9.64 Å². The van der Waals surface area contributed by atoms with E-state index in [4.69, 9.17) is 9.72 Å². The number of rotatable bonds is 9. The molecule has 5 rings (SSSR count). The van der Waals surface area contributed by atoms with Crippen molar-refractivity contribution in [2.45, 2.75) is 38.5 Å². The number of nitrogens with zero attached hydrogens (tertiary/aromatic N) is 4. The number of hydrogen-bond donors (Lipinski definition) is 0. The van der Waals surface area contributed by atoms with Gasteiger partial charge in [-0.3, -0.25) is 4.79 Å². The fourth-order valence-electron chi connectivity index (χ4n) is 5.11. The van der Waals surface area contributed by atoms with Gasteiger partial charge in [0.1, 0.15) is 23.2 Å². The maximum absolute atomic E-state index is 13.1. The molecule has 3 heterocycles. The molecule has 2 aromatic carbocycles. The van der Waals surface area contributed by atoms with Gasteiger partial charge in [-0.15, -0.1) is 0 Å². The first kappa shape index (κ1) is 24.8. The second kappa shape index (κ2) is 11.9. The normalized spacial score (nSPS) is 15.8. The summed E-state index contributed by atoms with van der Waals surface area (Å²) in [4.78, 5) is 24.9. The minimum Gasteiger partial charge on any atom is -0.497 e. The molecule has 0 saturated carbocycles. The lowest BCUT2D eigenvalue weighted by molar-refractivity contribution is -0.118. The molecular formula is C31H34N4O2. The van der Waals surface area contributed by atoms with E-state index in [-0.39, 0.29) is 5.78 Å². The first-order valence-electron chi connectivity index (χ1n) is 13.2. The predicted octanol–water partition coefficient (Wildman–Crippen LogP) is 6.14. The Morgan fingerprint density at radius 1 is 0.973 bits per heavy atom. The van der Waals surface area contributed by atoms with E-state index < -0.39 is 0 Å². The molecule has 0 N–H and O–H groups in total. The van der Waals surface area contributed by atoms with Crippen LogP contribution in [-0.2, 0) is 11.2 Å². The second-order valence-corrected chi connectivity index (χ2v) is 9.70. The fourth-order valence-corrected chi connectivity index (χ4v) is 5.11. The summed E-state index contributed by atoms with van der Waals surface area (Å²) in [5.41, 5.74) is 2.86. The first-order valence-corrected chi connectivity index (χ1v) is 13.2. The van der Waals surface area contributed by atoms with E-state index in [1.165, 1.54) is 0 Å². The Morgan fingerprint density at radius 2 is 1.78 bits per heavy atom. The molecule has 2 aromatic heterocycles. The lowest BCUT2D eigenvalue weighted by atomic mass is 9.93. The van der Waals surface area contributed by atoms with Crippen LogP contribution in [0.2, 0.25) is 0 Å². The zero-order chi connectivity index (χ0) is 25.5. The number of Topliss-reactive ketones (excluding diaryl/α,β-unsaturated/α-hetero) is 1. The van der Waals surface area contributed by atoms with Gasteiger partial charge in [-0.2, -0.15) is 0 Å². The third-order valence-electron chi connectivity index (χ3n) is 7.21. The molecule has 1 aliphatic heterocycles. The number of hydrogen-bond acceptors (Lipinski definition) is 5. The lowest BCUT2D eigenvalue weighted by Crippen LogP contribution is -2.25. The standard InChI is InChI=1S/C31H34N4O2/c1-37-28-16-13-25(14-17-28)29-23-35(26-9-3-2-4-10-26)31(33-29)22-27(36)15-12-24-8-7-20-34(21-18-24)30-11-5-6-19-32-30/h2-6,9-11,13-14,16-17,19,23-24H,7-8,12,15,18,20-22H2,1H3. The van der Waals surface area contributed by atoms with Crippen LogP contribution in [0.25, 0.3) is 16.9 Å². The molecule has 0 aliphatic carbocycles. The third-order valence-corrected chi connectivity index (χ3v) is 7.21. The molecule has 1 aliphatic rings. The zero-order valence-corrected chi connectivity index (χ0v) is 21.4. The van der Waals surface area contributed by atoms with Gasteiger partial charge in [-0.05, 0) is 80.1 Å². The van der Waals surface area contributed by atoms with Gasteiger partial charge in [0, 0.05) is 43.2 Å². The number of pyridine rings is 1. The van der Waals surface area contributed by atoms with Gasteiger partial charge in [0.25, 0.3) is 0 Å². The van der Waals surface area contributed by atoms with Gasteiger partial charge in [-0.1, -0.05) is 24.3 Å². The van der Waals surface area contributed by atoms with Gasteiger partial charge in [-0.25, -0.2) is 9.97 Å². The molecule has 0 amide bonds. The number of imidazole rings is 1. The molecule has 6 nitrogen and oxygen atoms in total. The number of carbonyl (C=O) groups excluding carboxylic acids is 1. The van der Waals surface area contributed by atoms with Crippen molar-refractivity contribution in [3.05, 3.63) is 91.0 Å². The van der Waals surface area contributed by atoms with E-state index in [0.717, 1.165) is 73.1 Å². The van der Waals surface area contributed by atoms with Crippen LogP contribution in [0.15, 0.2) is 85.2 Å². The highest BCUT2D eigenvalue weighted by atomic mass is 16.5. The van der Waals surface area contributed by atoms with E-state index in [1.807, 2.05) is 83.7 Å². The Balaban J connectivity index is 1.24. The zero-order valence-electron chi connectivity index (χ0n) is 21.4. The molecule has 4 aromatic rings. The summed E-state index contributed by atoms with van der Waals surface area (Å²) in [5.74, 6) is 3.46. The van der Waals surface area contributed by atoms with Crippen molar-refractivity contribution in [2.24, 2.45) is 5.92 Å². The topological polar surface area (TPSA) is 60.2 Å². The summed E-state index contributed by atoms with van der Waals surface area (Å²) in [6, 6.07) is 24.1. The van der Waals surface area contributed by atoms with E-state index in [1.54, 1.807) is 7.11 Å². The molecule has 1 fully saturated rings. The monoisotopic (exact) mass is 494 g/mol. The Hall–Kier alpha value is -3.93. The van der Waals surface area contributed by atoms with Gasteiger partial charge in [0.15, 0.2) is 0 Å². The van der Waals surface area contributed by atoms with E-state index in [2.05, 4.69) is 16.0 Å². The average molecular weight is 495 g/mol.